The van der Waals surface area contributed by atoms with Crippen molar-refractivity contribution in [2.45, 2.75) is 32.1 Å². The van der Waals surface area contributed by atoms with E-state index < -0.39 is 13.9 Å². The summed E-state index contributed by atoms with van der Waals surface area (Å²) in [5.41, 5.74) is 7.13. The van der Waals surface area contributed by atoms with Crippen LogP contribution in [0.25, 0.3) is 11.3 Å². The van der Waals surface area contributed by atoms with E-state index in [1.54, 1.807) is 0 Å². The van der Waals surface area contributed by atoms with E-state index in [4.69, 9.17) is 20.3 Å². The van der Waals surface area contributed by atoms with Crippen LogP contribution in [0.15, 0.2) is 0 Å². The van der Waals surface area contributed by atoms with Gasteiger partial charge in [-0.1, -0.05) is 17.8 Å². The Balaban J connectivity index is 2.06. The maximum absolute atomic E-state index is 11.0. The molecule has 3 rings (SSSR count). The topological polar surface area (TPSA) is 106 Å². The molecule has 1 aromatic rings. The average Bonchev–Trinajstić information content (AvgIpc) is 2.77. The Bertz CT molecular complexity index is 693. The van der Waals surface area contributed by atoms with Gasteiger partial charge in [0.15, 0.2) is 11.5 Å². The summed E-state index contributed by atoms with van der Waals surface area (Å²) in [5.74, 6) is 1.01. The summed E-state index contributed by atoms with van der Waals surface area (Å²) in [5, 5.41) is 1.37. The van der Waals surface area contributed by atoms with Gasteiger partial charge in [-0.3, -0.25) is 4.57 Å². The van der Waals surface area contributed by atoms with Gasteiger partial charge in [0, 0.05) is 6.42 Å². The Morgan fingerprint density at radius 1 is 1.45 bits per heavy atom. The van der Waals surface area contributed by atoms with Crippen LogP contribution in [0.4, 0.5) is 5.13 Å². The highest BCUT2D eigenvalue weighted by atomic mass is 32.1. The summed E-state index contributed by atoms with van der Waals surface area (Å²) < 4.78 is 17.2. The lowest BCUT2D eigenvalue weighted by Gasteiger charge is -2.28. The molecule has 0 bridgehead atoms. The summed E-state index contributed by atoms with van der Waals surface area (Å²) >= 11 is 1.34. The number of anilines is 1. The maximum atomic E-state index is 11.0. The molecule has 110 valence electrons. The number of fused-ring (bicyclic) bond motifs is 2. The summed E-state index contributed by atoms with van der Waals surface area (Å²) in [7, 11) is -4.17. The molecule has 2 aliphatic carbocycles. The first-order valence-corrected chi connectivity index (χ1v) is 9.21. The fourth-order valence-electron chi connectivity index (χ4n) is 2.97. The third-order valence-electron chi connectivity index (χ3n) is 3.78. The van der Waals surface area contributed by atoms with E-state index >= 15 is 0 Å². The molecule has 6 nitrogen and oxygen atoms in total. The molecule has 0 spiro atoms. The highest BCUT2D eigenvalue weighted by Gasteiger charge is 2.28. The Morgan fingerprint density at radius 3 is 3.00 bits per heavy atom. The molecule has 20 heavy (non-hydrogen) atoms. The van der Waals surface area contributed by atoms with Gasteiger partial charge in [0.25, 0.3) is 0 Å². The molecule has 1 saturated carbocycles. The van der Waals surface area contributed by atoms with Crippen LogP contribution in [0.5, 0.6) is 0 Å². The van der Waals surface area contributed by atoms with Crippen molar-refractivity contribution >= 4 is 35.4 Å². The van der Waals surface area contributed by atoms with Gasteiger partial charge in [-0.2, -0.15) is 0 Å². The third kappa shape index (κ3) is 2.76. The summed E-state index contributed by atoms with van der Waals surface area (Å²) in [4.78, 5) is 22.3. The normalized spacial score (nSPS) is 22.4. The second-order valence-electron chi connectivity index (χ2n) is 5.26. The molecule has 0 amide bonds. The van der Waals surface area contributed by atoms with Crippen LogP contribution >= 0.6 is 18.9 Å². The van der Waals surface area contributed by atoms with Gasteiger partial charge >= 0.3 is 7.60 Å². The standard InChI is InChI=1S/C12H17N2O4PS/c13-12-14-10-8-4-2-1-3-7(8)5-9(11(10)20-12)18-6-19(15,16)17/h7H,1-6H2,(H2,13,14)(H2,15,16,17). The molecule has 2 aliphatic rings. The van der Waals surface area contributed by atoms with Crippen LogP contribution in [0, 0.1) is 5.92 Å². The molecule has 1 unspecified atom stereocenters. The van der Waals surface area contributed by atoms with Crippen molar-refractivity contribution in [3.63, 3.8) is 0 Å². The lowest BCUT2D eigenvalue weighted by atomic mass is 9.80. The second-order valence-corrected chi connectivity index (χ2v) is 7.88. The molecule has 8 heteroatoms. The number of nitrogens with two attached hydrogens (primary N) is 1. The SMILES string of the molecule is Nc1nc2c(s1)=C(OCP(=O)(O)O)CC1CCCCC=21. The minimum absolute atomic E-state index is 0.379. The van der Waals surface area contributed by atoms with Crippen molar-refractivity contribution in [1.82, 2.24) is 4.98 Å². The first-order valence-electron chi connectivity index (χ1n) is 6.60. The molecule has 1 atom stereocenters. The van der Waals surface area contributed by atoms with Crippen LogP contribution in [0.3, 0.4) is 0 Å². The van der Waals surface area contributed by atoms with Gasteiger partial charge in [-0.15, -0.1) is 0 Å². The molecule has 0 radical (unpaired) electrons. The van der Waals surface area contributed by atoms with Crippen LogP contribution < -0.4 is 15.6 Å². The number of nitrogen functional groups attached to an aromatic ring is 1. The molecule has 1 heterocycles. The molecular weight excluding hydrogens is 299 g/mol. The van der Waals surface area contributed by atoms with E-state index in [-0.39, 0.29) is 0 Å². The zero-order valence-corrected chi connectivity index (χ0v) is 12.6. The van der Waals surface area contributed by atoms with Crippen molar-refractivity contribution in [2.24, 2.45) is 5.92 Å². The van der Waals surface area contributed by atoms with Crippen LogP contribution in [-0.2, 0) is 9.30 Å². The van der Waals surface area contributed by atoms with E-state index in [1.807, 2.05) is 0 Å². The fourth-order valence-corrected chi connectivity index (χ4v) is 4.17. The number of hydrogen-bond donors (Lipinski definition) is 3. The van der Waals surface area contributed by atoms with E-state index in [2.05, 4.69) is 4.98 Å². The van der Waals surface area contributed by atoms with Crippen molar-refractivity contribution in [3.8, 4) is 0 Å². The minimum atomic E-state index is -4.17. The quantitative estimate of drug-likeness (QED) is 0.710. The van der Waals surface area contributed by atoms with Gasteiger partial charge in [0.05, 0.1) is 9.88 Å². The summed E-state index contributed by atoms with van der Waals surface area (Å²) in [6, 6.07) is 0. The number of nitrogens with zero attached hydrogens (tertiary/aromatic N) is 1. The first kappa shape index (κ1) is 14.1. The molecular formula is C12H17N2O4PS. The number of rotatable bonds is 3. The van der Waals surface area contributed by atoms with Crippen LogP contribution in [0.1, 0.15) is 32.1 Å². The number of ether oxygens (including phenoxy) is 1. The van der Waals surface area contributed by atoms with Gasteiger partial charge in [-0.25, -0.2) is 4.98 Å². The highest BCUT2D eigenvalue weighted by molar-refractivity contribution is 7.51. The predicted octanol–water partition coefficient (Wildman–Crippen LogP) is 0.730. The Kier molecular flexibility index (Phi) is 3.62. The van der Waals surface area contributed by atoms with Gasteiger partial charge in [0.2, 0.25) is 0 Å². The number of hydrogen-bond acceptors (Lipinski definition) is 5. The van der Waals surface area contributed by atoms with Crippen molar-refractivity contribution in [2.75, 3.05) is 12.1 Å². The van der Waals surface area contributed by atoms with E-state index in [0.29, 0.717) is 23.2 Å². The molecule has 1 fully saturated rings. The van der Waals surface area contributed by atoms with Gasteiger partial charge < -0.3 is 20.3 Å². The Hall–Kier alpha value is -0.880. The Labute approximate surface area is 120 Å². The number of thiazole rings is 1. The average molecular weight is 316 g/mol. The largest absolute Gasteiger partial charge is 0.484 e. The molecule has 1 aromatic heterocycles. The van der Waals surface area contributed by atoms with Gasteiger partial charge in [0.1, 0.15) is 5.76 Å². The van der Waals surface area contributed by atoms with Crippen LogP contribution in [0.2, 0.25) is 0 Å². The fraction of sp³-hybridized carbons (Fsp3) is 0.583. The second kappa shape index (κ2) is 5.15. The summed E-state index contributed by atoms with van der Waals surface area (Å²) in [6.07, 6.45) is 4.57. The minimum Gasteiger partial charge on any atom is -0.484 e. The van der Waals surface area contributed by atoms with E-state index in [1.165, 1.54) is 29.8 Å². The smallest absolute Gasteiger partial charge is 0.362 e. The monoisotopic (exact) mass is 316 g/mol. The zero-order chi connectivity index (χ0) is 14.3. The lowest BCUT2D eigenvalue weighted by Crippen LogP contribution is -2.35. The highest BCUT2D eigenvalue weighted by Crippen LogP contribution is 2.39. The van der Waals surface area contributed by atoms with Crippen molar-refractivity contribution in [1.29, 1.82) is 0 Å². The third-order valence-corrected chi connectivity index (χ3v) is 5.17. The molecule has 0 aromatic carbocycles. The van der Waals surface area contributed by atoms with E-state index in [0.717, 1.165) is 22.7 Å². The molecule has 0 aliphatic heterocycles. The first-order chi connectivity index (χ1) is 9.44. The molecule has 0 saturated heterocycles. The molecule has 4 N–H and O–H groups in total. The van der Waals surface area contributed by atoms with Crippen LogP contribution in [-0.4, -0.2) is 21.1 Å². The predicted molar refractivity (Wildman–Crippen MR) is 77.2 cm³/mol. The Morgan fingerprint density at radius 2 is 2.25 bits per heavy atom. The van der Waals surface area contributed by atoms with E-state index in [9.17, 15) is 4.57 Å². The summed E-state index contributed by atoms with van der Waals surface area (Å²) in [6.45, 7) is 0. The zero-order valence-electron chi connectivity index (χ0n) is 10.9. The van der Waals surface area contributed by atoms with Gasteiger partial charge in [-0.05, 0) is 30.8 Å². The van der Waals surface area contributed by atoms with Crippen molar-refractivity contribution in [3.05, 3.63) is 9.88 Å². The number of aromatic nitrogens is 1. The maximum Gasteiger partial charge on any atom is 0.362 e. The lowest BCUT2D eigenvalue weighted by molar-refractivity contribution is 0.260. The van der Waals surface area contributed by atoms with Crippen molar-refractivity contribution < 1.29 is 19.1 Å².